The van der Waals surface area contributed by atoms with Gasteiger partial charge in [-0.3, -0.25) is 10.2 Å². The molecule has 3 N–H and O–H groups in total. The van der Waals surface area contributed by atoms with Crippen LogP contribution in [0.15, 0.2) is 30.3 Å². The standard InChI is InChI=1S/C15H18N2O3S/c1-10-12(7-14(21-10)15(18)17-16)9-20-8-11-3-5-13(19-2)6-4-11/h3-7H,8-9,16H2,1-2H3,(H,17,18). The van der Waals surface area contributed by atoms with Crippen LogP contribution in [0.5, 0.6) is 5.75 Å². The second kappa shape index (κ2) is 7.21. The molecule has 2 aromatic rings. The molecule has 0 spiro atoms. The van der Waals surface area contributed by atoms with Crippen molar-refractivity contribution in [1.82, 2.24) is 5.43 Å². The Hall–Kier alpha value is -1.89. The Morgan fingerprint density at radius 3 is 2.62 bits per heavy atom. The van der Waals surface area contributed by atoms with E-state index in [9.17, 15) is 4.79 Å². The summed E-state index contributed by atoms with van der Waals surface area (Å²) < 4.78 is 10.8. The Bertz CT molecular complexity index is 608. The molecule has 0 unspecified atom stereocenters. The lowest BCUT2D eigenvalue weighted by Crippen LogP contribution is -2.29. The van der Waals surface area contributed by atoms with E-state index < -0.39 is 0 Å². The van der Waals surface area contributed by atoms with Gasteiger partial charge in [0, 0.05) is 4.88 Å². The van der Waals surface area contributed by atoms with Gasteiger partial charge in [-0.05, 0) is 36.2 Å². The molecule has 1 heterocycles. The van der Waals surface area contributed by atoms with E-state index in [0.717, 1.165) is 21.8 Å². The van der Waals surface area contributed by atoms with Crippen LogP contribution in [0.1, 0.15) is 25.7 Å². The van der Waals surface area contributed by atoms with Crippen LogP contribution in [0, 0.1) is 6.92 Å². The molecule has 0 radical (unpaired) electrons. The monoisotopic (exact) mass is 306 g/mol. The number of hydrazine groups is 1. The third kappa shape index (κ3) is 4.04. The van der Waals surface area contributed by atoms with E-state index in [2.05, 4.69) is 5.43 Å². The Balaban J connectivity index is 1.90. The van der Waals surface area contributed by atoms with Crippen molar-refractivity contribution in [2.45, 2.75) is 20.1 Å². The van der Waals surface area contributed by atoms with Gasteiger partial charge in [0.25, 0.3) is 5.91 Å². The molecule has 0 fully saturated rings. The van der Waals surface area contributed by atoms with Crippen molar-refractivity contribution in [2.75, 3.05) is 7.11 Å². The first-order valence-electron chi connectivity index (χ1n) is 6.45. The van der Waals surface area contributed by atoms with E-state index in [0.29, 0.717) is 18.1 Å². The first kappa shape index (κ1) is 15.5. The van der Waals surface area contributed by atoms with Gasteiger partial charge in [0.2, 0.25) is 0 Å². The lowest BCUT2D eigenvalue weighted by atomic mass is 10.2. The fourth-order valence-electron chi connectivity index (χ4n) is 1.85. The van der Waals surface area contributed by atoms with Crippen molar-refractivity contribution < 1.29 is 14.3 Å². The summed E-state index contributed by atoms with van der Waals surface area (Å²) in [5.74, 6) is 5.68. The highest BCUT2D eigenvalue weighted by Crippen LogP contribution is 2.22. The maximum Gasteiger partial charge on any atom is 0.275 e. The Morgan fingerprint density at radius 1 is 1.29 bits per heavy atom. The Labute approximate surface area is 127 Å². The maximum absolute atomic E-state index is 11.5. The van der Waals surface area contributed by atoms with Crippen molar-refractivity contribution in [3.8, 4) is 5.75 Å². The molecular formula is C15H18N2O3S. The first-order valence-corrected chi connectivity index (χ1v) is 7.26. The number of ether oxygens (including phenoxy) is 2. The molecule has 2 rings (SSSR count). The summed E-state index contributed by atoms with van der Waals surface area (Å²) in [6, 6.07) is 9.55. The third-order valence-corrected chi connectivity index (χ3v) is 4.15. The molecule has 112 valence electrons. The largest absolute Gasteiger partial charge is 0.497 e. The number of hydrogen-bond acceptors (Lipinski definition) is 5. The maximum atomic E-state index is 11.5. The highest BCUT2D eigenvalue weighted by Gasteiger charge is 2.11. The summed E-state index contributed by atoms with van der Waals surface area (Å²) in [5, 5.41) is 0. The smallest absolute Gasteiger partial charge is 0.275 e. The van der Waals surface area contributed by atoms with Crippen molar-refractivity contribution in [2.24, 2.45) is 5.84 Å². The van der Waals surface area contributed by atoms with Gasteiger partial charge >= 0.3 is 0 Å². The van der Waals surface area contributed by atoms with E-state index in [1.165, 1.54) is 11.3 Å². The molecule has 0 aliphatic carbocycles. The van der Waals surface area contributed by atoms with Crippen LogP contribution in [-0.2, 0) is 18.0 Å². The molecule has 1 aromatic heterocycles. The van der Waals surface area contributed by atoms with Gasteiger partial charge in [-0.2, -0.15) is 0 Å². The zero-order valence-electron chi connectivity index (χ0n) is 12.0. The lowest BCUT2D eigenvalue weighted by Gasteiger charge is -2.05. The SMILES string of the molecule is COc1ccc(COCc2cc(C(=O)NN)sc2C)cc1. The summed E-state index contributed by atoms with van der Waals surface area (Å²) in [7, 11) is 1.64. The molecule has 21 heavy (non-hydrogen) atoms. The number of amides is 1. The minimum Gasteiger partial charge on any atom is -0.497 e. The number of thiophene rings is 1. The van der Waals surface area contributed by atoms with Crippen LogP contribution in [0.25, 0.3) is 0 Å². The van der Waals surface area contributed by atoms with Gasteiger partial charge in [0.15, 0.2) is 0 Å². The average Bonchev–Trinajstić information content (AvgIpc) is 2.88. The predicted molar refractivity (Wildman–Crippen MR) is 82.2 cm³/mol. The summed E-state index contributed by atoms with van der Waals surface area (Å²) in [4.78, 5) is 13.1. The molecule has 0 saturated carbocycles. The number of benzene rings is 1. The number of methoxy groups -OCH3 is 1. The first-order chi connectivity index (χ1) is 10.1. The molecule has 0 saturated heterocycles. The number of carbonyl (C=O) groups excluding carboxylic acids is 1. The molecule has 1 amide bonds. The Morgan fingerprint density at radius 2 is 2.00 bits per heavy atom. The molecule has 0 aliphatic heterocycles. The van der Waals surface area contributed by atoms with Crippen molar-refractivity contribution in [1.29, 1.82) is 0 Å². The molecule has 5 nitrogen and oxygen atoms in total. The number of hydrogen-bond donors (Lipinski definition) is 2. The van der Waals surface area contributed by atoms with Crippen LogP contribution in [0.2, 0.25) is 0 Å². The van der Waals surface area contributed by atoms with E-state index >= 15 is 0 Å². The van der Waals surface area contributed by atoms with Crippen LogP contribution in [0.4, 0.5) is 0 Å². The van der Waals surface area contributed by atoms with Gasteiger partial charge in [0.1, 0.15) is 5.75 Å². The Kier molecular flexibility index (Phi) is 5.32. The number of carbonyl (C=O) groups is 1. The van der Waals surface area contributed by atoms with E-state index in [-0.39, 0.29) is 5.91 Å². The van der Waals surface area contributed by atoms with Crippen LogP contribution in [0.3, 0.4) is 0 Å². The van der Waals surface area contributed by atoms with Gasteiger partial charge in [-0.25, -0.2) is 5.84 Å². The average molecular weight is 306 g/mol. The second-order valence-corrected chi connectivity index (χ2v) is 5.76. The zero-order valence-corrected chi connectivity index (χ0v) is 12.8. The number of nitrogens with two attached hydrogens (primary N) is 1. The normalized spacial score (nSPS) is 10.4. The number of nitrogen functional groups attached to an aromatic ring is 1. The minimum atomic E-state index is -0.274. The summed E-state index contributed by atoms with van der Waals surface area (Å²) >= 11 is 1.41. The fourth-order valence-corrected chi connectivity index (χ4v) is 2.78. The summed E-state index contributed by atoms with van der Waals surface area (Å²) in [6.45, 7) is 2.94. The predicted octanol–water partition coefficient (Wildman–Crippen LogP) is 2.39. The van der Waals surface area contributed by atoms with Crippen molar-refractivity contribution in [3.63, 3.8) is 0 Å². The second-order valence-electron chi connectivity index (χ2n) is 4.51. The molecular weight excluding hydrogens is 288 g/mol. The van der Waals surface area contributed by atoms with Crippen LogP contribution < -0.4 is 16.0 Å². The third-order valence-electron chi connectivity index (χ3n) is 3.06. The topological polar surface area (TPSA) is 73.6 Å². The lowest BCUT2D eigenvalue weighted by molar-refractivity contribution is 0.0956. The van der Waals surface area contributed by atoms with E-state index in [4.69, 9.17) is 15.3 Å². The quantitative estimate of drug-likeness (QED) is 0.488. The molecule has 1 aromatic carbocycles. The van der Waals surface area contributed by atoms with Crippen molar-refractivity contribution in [3.05, 3.63) is 51.2 Å². The van der Waals surface area contributed by atoms with Gasteiger partial charge in [-0.1, -0.05) is 12.1 Å². The van der Waals surface area contributed by atoms with Crippen LogP contribution in [-0.4, -0.2) is 13.0 Å². The highest BCUT2D eigenvalue weighted by molar-refractivity contribution is 7.14. The van der Waals surface area contributed by atoms with Gasteiger partial charge in [-0.15, -0.1) is 11.3 Å². The number of nitrogens with one attached hydrogen (secondary N) is 1. The van der Waals surface area contributed by atoms with Gasteiger partial charge < -0.3 is 9.47 Å². The minimum absolute atomic E-state index is 0.274. The van der Waals surface area contributed by atoms with Crippen molar-refractivity contribution >= 4 is 17.2 Å². The highest BCUT2D eigenvalue weighted by atomic mass is 32.1. The summed E-state index contributed by atoms with van der Waals surface area (Å²) in [6.07, 6.45) is 0. The van der Waals surface area contributed by atoms with E-state index in [1.54, 1.807) is 7.11 Å². The number of rotatable bonds is 6. The van der Waals surface area contributed by atoms with E-state index in [1.807, 2.05) is 37.3 Å². The zero-order chi connectivity index (χ0) is 15.2. The van der Waals surface area contributed by atoms with Gasteiger partial charge in [0.05, 0.1) is 25.2 Å². The van der Waals surface area contributed by atoms with Crippen LogP contribution >= 0.6 is 11.3 Å². The summed E-state index contributed by atoms with van der Waals surface area (Å²) in [5.41, 5.74) is 4.21. The fraction of sp³-hybridized carbons (Fsp3) is 0.267. The number of aryl methyl sites for hydroxylation is 1. The molecule has 0 atom stereocenters. The molecule has 0 aliphatic rings. The molecule has 6 heteroatoms. The molecule has 0 bridgehead atoms.